The van der Waals surface area contributed by atoms with Gasteiger partial charge in [0.15, 0.2) is 5.78 Å². The van der Waals surface area contributed by atoms with E-state index in [2.05, 4.69) is 13.8 Å². The van der Waals surface area contributed by atoms with Crippen LogP contribution in [0.2, 0.25) is 0 Å². The Morgan fingerprint density at radius 3 is 2.76 bits per heavy atom. The van der Waals surface area contributed by atoms with Gasteiger partial charge in [-0.15, -0.1) is 0 Å². The Morgan fingerprint density at radius 1 is 1.24 bits per heavy atom. The molecule has 0 saturated heterocycles. The number of anilines is 1. The first-order valence-corrected chi connectivity index (χ1v) is 7.07. The second-order valence-electron chi connectivity index (χ2n) is 6.25. The third-order valence-electron chi connectivity index (χ3n) is 4.13. The molecular formula is C18H19NO2. The van der Waals surface area contributed by atoms with Crippen LogP contribution < -0.4 is 10.5 Å². The maximum Gasteiger partial charge on any atom is 0.195 e. The highest BCUT2D eigenvalue weighted by atomic mass is 16.5. The summed E-state index contributed by atoms with van der Waals surface area (Å²) in [6, 6.07) is 11.2. The highest BCUT2D eigenvalue weighted by Gasteiger charge is 2.32. The Kier molecular flexibility index (Phi) is 3.01. The van der Waals surface area contributed by atoms with Crippen molar-refractivity contribution in [3.05, 3.63) is 58.7 Å². The van der Waals surface area contributed by atoms with E-state index in [1.54, 1.807) is 6.07 Å². The minimum Gasteiger partial charge on any atom is -0.492 e. The van der Waals surface area contributed by atoms with E-state index in [1.165, 1.54) is 0 Å². The number of para-hydroxylation sites is 1. The van der Waals surface area contributed by atoms with Crippen LogP contribution in [-0.4, -0.2) is 12.4 Å². The predicted octanol–water partition coefficient (Wildman–Crippen LogP) is 3.48. The molecule has 21 heavy (non-hydrogen) atoms. The molecule has 0 radical (unpaired) electrons. The first kappa shape index (κ1) is 13.7. The number of hydrogen-bond acceptors (Lipinski definition) is 3. The summed E-state index contributed by atoms with van der Waals surface area (Å²) in [4.78, 5) is 12.7. The normalized spacial score (nSPS) is 15.4. The fourth-order valence-electron chi connectivity index (χ4n) is 2.70. The van der Waals surface area contributed by atoms with Gasteiger partial charge in [0.2, 0.25) is 0 Å². The molecule has 0 fully saturated rings. The number of hydrogen-bond donors (Lipinski definition) is 1. The highest BCUT2D eigenvalue weighted by molar-refractivity contribution is 6.12. The number of carbonyl (C=O) groups excluding carboxylic acids is 1. The molecule has 2 aromatic rings. The number of aryl methyl sites for hydroxylation is 1. The van der Waals surface area contributed by atoms with Crippen LogP contribution >= 0.6 is 0 Å². The average molecular weight is 281 g/mol. The molecule has 2 aromatic carbocycles. The van der Waals surface area contributed by atoms with E-state index < -0.39 is 0 Å². The zero-order valence-corrected chi connectivity index (χ0v) is 12.6. The standard InChI is InChI=1S/C18H19NO2/c1-11-5-4-6-13(16(11)19)17(20)12-7-8-15-14(9-12)18(2,3)10-21-15/h4-9H,10,19H2,1-3H3. The molecule has 1 aliphatic rings. The van der Waals surface area contributed by atoms with Crippen LogP contribution in [0.25, 0.3) is 0 Å². The van der Waals surface area contributed by atoms with Crippen LogP contribution in [0.3, 0.4) is 0 Å². The lowest BCUT2D eigenvalue weighted by Crippen LogP contribution is -2.18. The molecule has 3 heteroatoms. The van der Waals surface area contributed by atoms with Crippen molar-refractivity contribution in [3.8, 4) is 5.75 Å². The van der Waals surface area contributed by atoms with E-state index >= 15 is 0 Å². The smallest absolute Gasteiger partial charge is 0.195 e. The number of ketones is 1. The second-order valence-corrected chi connectivity index (χ2v) is 6.25. The van der Waals surface area contributed by atoms with E-state index in [4.69, 9.17) is 10.5 Å². The molecule has 0 saturated carbocycles. The molecule has 0 unspecified atom stereocenters. The minimum absolute atomic E-state index is 0.0401. The highest BCUT2D eigenvalue weighted by Crippen LogP contribution is 2.39. The number of rotatable bonds is 2. The lowest BCUT2D eigenvalue weighted by Gasteiger charge is -2.16. The molecule has 0 aliphatic carbocycles. The monoisotopic (exact) mass is 281 g/mol. The van der Waals surface area contributed by atoms with Crippen LogP contribution in [0, 0.1) is 6.92 Å². The van der Waals surface area contributed by atoms with Crippen LogP contribution in [0.1, 0.15) is 40.9 Å². The van der Waals surface area contributed by atoms with Crippen molar-refractivity contribution in [3.63, 3.8) is 0 Å². The molecule has 0 bridgehead atoms. The van der Waals surface area contributed by atoms with Gasteiger partial charge in [-0.05, 0) is 36.8 Å². The summed E-state index contributed by atoms with van der Waals surface area (Å²) in [5.74, 6) is 0.829. The molecule has 108 valence electrons. The van der Waals surface area contributed by atoms with Crippen molar-refractivity contribution in [2.45, 2.75) is 26.2 Å². The summed E-state index contributed by atoms with van der Waals surface area (Å²) < 4.78 is 5.66. The van der Waals surface area contributed by atoms with Gasteiger partial charge < -0.3 is 10.5 Å². The molecule has 3 nitrogen and oxygen atoms in total. The van der Waals surface area contributed by atoms with Crippen LogP contribution in [-0.2, 0) is 5.41 Å². The largest absolute Gasteiger partial charge is 0.492 e. The number of ether oxygens (including phenoxy) is 1. The van der Waals surface area contributed by atoms with Crippen molar-refractivity contribution in [1.82, 2.24) is 0 Å². The fraction of sp³-hybridized carbons (Fsp3) is 0.278. The third kappa shape index (κ3) is 2.19. The van der Waals surface area contributed by atoms with Gasteiger partial charge in [-0.25, -0.2) is 0 Å². The number of nitrogens with two attached hydrogens (primary N) is 1. The van der Waals surface area contributed by atoms with Gasteiger partial charge >= 0.3 is 0 Å². The third-order valence-corrected chi connectivity index (χ3v) is 4.13. The van der Waals surface area contributed by atoms with E-state index in [0.29, 0.717) is 23.4 Å². The topological polar surface area (TPSA) is 52.3 Å². The van der Waals surface area contributed by atoms with E-state index in [1.807, 2.05) is 37.3 Å². The van der Waals surface area contributed by atoms with Crippen molar-refractivity contribution >= 4 is 11.5 Å². The van der Waals surface area contributed by atoms with Gasteiger partial charge in [0.1, 0.15) is 5.75 Å². The van der Waals surface area contributed by atoms with Gasteiger partial charge in [0.05, 0.1) is 6.61 Å². The average Bonchev–Trinajstić information content (AvgIpc) is 2.76. The molecule has 0 aromatic heterocycles. The lowest BCUT2D eigenvalue weighted by molar-refractivity contribution is 0.103. The van der Waals surface area contributed by atoms with Gasteiger partial charge in [-0.3, -0.25) is 4.79 Å². The summed E-state index contributed by atoms with van der Waals surface area (Å²) >= 11 is 0. The van der Waals surface area contributed by atoms with Crippen molar-refractivity contribution in [1.29, 1.82) is 0 Å². The molecule has 0 amide bonds. The van der Waals surface area contributed by atoms with Gasteiger partial charge in [0, 0.05) is 27.8 Å². The predicted molar refractivity (Wildman–Crippen MR) is 84.0 cm³/mol. The quantitative estimate of drug-likeness (QED) is 0.677. The lowest BCUT2D eigenvalue weighted by atomic mass is 9.85. The molecular weight excluding hydrogens is 262 g/mol. The number of carbonyl (C=O) groups is 1. The summed E-state index contributed by atoms with van der Waals surface area (Å²) in [5, 5.41) is 0. The Labute approximate surface area is 124 Å². The summed E-state index contributed by atoms with van der Waals surface area (Å²) in [5.41, 5.74) is 9.75. The van der Waals surface area contributed by atoms with Crippen LogP contribution in [0.15, 0.2) is 36.4 Å². The first-order valence-electron chi connectivity index (χ1n) is 7.07. The first-order chi connectivity index (χ1) is 9.90. The molecule has 1 heterocycles. The Balaban J connectivity index is 2.06. The van der Waals surface area contributed by atoms with Gasteiger partial charge in [-0.1, -0.05) is 26.0 Å². The molecule has 3 rings (SSSR count). The summed E-state index contributed by atoms with van der Waals surface area (Å²) in [7, 11) is 0. The molecule has 1 aliphatic heterocycles. The molecule has 0 atom stereocenters. The van der Waals surface area contributed by atoms with E-state index in [9.17, 15) is 4.79 Å². The zero-order valence-electron chi connectivity index (χ0n) is 12.6. The van der Waals surface area contributed by atoms with Crippen LogP contribution in [0.5, 0.6) is 5.75 Å². The maximum absolute atomic E-state index is 12.7. The van der Waals surface area contributed by atoms with Crippen molar-refractivity contribution < 1.29 is 9.53 Å². The second kappa shape index (κ2) is 4.62. The zero-order chi connectivity index (χ0) is 15.2. The Morgan fingerprint density at radius 2 is 2.00 bits per heavy atom. The summed E-state index contributed by atoms with van der Waals surface area (Å²) in [6.07, 6.45) is 0. The van der Waals surface area contributed by atoms with Crippen molar-refractivity contribution in [2.75, 3.05) is 12.3 Å². The van der Waals surface area contributed by atoms with Crippen molar-refractivity contribution in [2.24, 2.45) is 0 Å². The van der Waals surface area contributed by atoms with Crippen LogP contribution in [0.4, 0.5) is 5.69 Å². The van der Waals surface area contributed by atoms with E-state index in [0.717, 1.165) is 16.9 Å². The Hall–Kier alpha value is -2.29. The number of fused-ring (bicyclic) bond motifs is 1. The molecule has 0 spiro atoms. The minimum atomic E-state index is -0.0657. The number of benzene rings is 2. The maximum atomic E-state index is 12.7. The van der Waals surface area contributed by atoms with E-state index in [-0.39, 0.29) is 11.2 Å². The Bertz CT molecular complexity index is 732. The van der Waals surface area contributed by atoms with Gasteiger partial charge in [0.25, 0.3) is 0 Å². The number of nitrogen functional groups attached to an aromatic ring is 1. The van der Waals surface area contributed by atoms with Gasteiger partial charge in [-0.2, -0.15) is 0 Å². The summed E-state index contributed by atoms with van der Waals surface area (Å²) in [6.45, 7) is 6.79. The fourth-order valence-corrected chi connectivity index (χ4v) is 2.70. The molecule has 2 N–H and O–H groups in total. The SMILES string of the molecule is Cc1cccc(C(=O)c2ccc3c(c2)C(C)(C)CO3)c1N.